The lowest BCUT2D eigenvalue weighted by Crippen LogP contribution is -2.55. The van der Waals surface area contributed by atoms with Gasteiger partial charge in [0.2, 0.25) is 5.91 Å². The number of rotatable bonds is 4. The highest BCUT2D eigenvalue weighted by molar-refractivity contribution is 5.82. The largest absolute Gasteiger partial charge is 0.341 e. The topological polar surface area (TPSA) is 35.6 Å². The lowest BCUT2D eigenvalue weighted by atomic mass is 9.91. The maximum atomic E-state index is 12.7. The summed E-state index contributed by atoms with van der Waals surface area (Å²) in [5.41, 5.74) is 0. The molecule has 0 spiro atoms. The molecule has 2 aliphatic heterocycles. The van der Waals surface area contributed by atoms with E-state index in [2.05, 4.69) is 24.1 Å². The quantitative estimate of drug-likeness (QED) is 0.852. The average molecular weight is 281 g/mol. The Morgan fingerprint density at radius 2 is 2.00 bits per heavy atom. The smallest absolute Gasteiger partial charge is 0.239 e. The van der Waals surface area contributed by atoms with Crippen molar-refractivity contribution in [2.75, 3.05) is 33.2 Å². The van der Waals surface area contributed by atoms with E-state index < -0.39 is 0 Å². The molecule has 0 aliphatic carbocycles. The Labute approximate surface area is 123 Å². The van der Waals surface area contributed by atoms with Gasteiger partial charge in [0.25, 0.3) is 0 Å². The number of carbonyl (C=O) groups excluding carboxylic acids is 1. The molecule has 1 N–H and O–H groups in total. The molecule has 0 aromatic rings. The van der Waals surface area contributed by atoms with E-state index >= 15 is 0 Å². The minimum atomic E-state index is 0.0439. The molecule has 4 heteroatoms. The molecule has 116 valence electrons. The summed E-state index contributed by atoms with van der Waals surface area (Å²) < 4.78 is 0. The van der Waals surface area contributed by atoms with E-state index in [4.69, 9.17) is 0 Å². The first-order valence-electron chi connectivity index (χ1n) is 8.36. The molecule has 0 saturated carbocycles. The minimum absolute atomic E-state index is 0.0439. The first-order chi connectivity index (χ1) is 9.63. The van der Waals surface area contributed by atoms with Crippen LogP contribution in [-0.2, 0) is 4.79 Å². The maximum absolute atomic E-state index is 12.7. The summed E-state index contributed by atoms with van der Waals surface area (Å²) in [7, 11) is 2.01. The monoisotopic (exact) mass is 281 g/mol. The van der Waals surface area contributed by atoms with Crippen molar-refractivity contribution in [2.45, 2.75) is 58.0 Å². The van der Waals surface area contributed by atoms with Crippen molar-refractivity contribution in [2.24, 2.45) is 5.92 Å². The molecular formula is C16H31N3O. The number of nitrogens with one attached hydrogen (secondary N) is 1. The molecule has 0 bridgehead atoms. The zero-order chi connectivity index (χ0) is 14.5. The van der Waals surface area contributed by atoms with Crippen LogP contribution >= 0.6 is 0 Å². The Balaban J connectivity index is 1.84. The number of carbonyl (C=O) groups is 1. The SMILES string of the molecule is CCCN1CCC(N(C)C(=O)C2NCCCC2C)CC1. The van der Waals surface area contributed by atoms with Crippen molar-refractivity contribution in [1.29, 1.82) is 0 Å². The lowest BCUT2D eigenvalue weighted by Gasteiger charge is -2.39. The van der Waals surface area contributed by atoms with E-state index in [-0.39, 0.29) is 6.04 Å². The summed E-state index contributed by atoms with van der Waals surface area (Å²) in [6.07, 6.45) is 5.85. The number of nitrogens with zero attached hydrogens (tertiary/aromatic N) is 2. The molecule has 0 radical (unpaired) electrons. The van der Waals surface area contributed by atoms with Gasteiger partial charge in [0.05, 0.1) is 6.04 Å². The fourth-order valence-corrected chi connectivity index (χ4v) is 3.63. The second-order valence-electron chi connectivity index (χ2n) is 6.57. The van der Waals surface area contributed by atoms with E-state index in [1.807, 2.05) is 11.9 Å². The van der Waals surface area contributed by atoms with Gasteiger partial charge in [0.1, 0.15) is 0 Å². The molecule has 2 atom stereocenters. The average Bonchev–Trinajstić information content (AvgIpc) is 2.47. The Morgan fingerprint density at radius 1 is 1.30 bits per heavy atom. The molecule has 2 heterocycles. The van der Waals surface area contributed by atoms with E-state index in [0.29, 0.717) is 17.9 Å². The summed E-state index contributed by atoms with van der Waals surface area (Å²) in [5, 5.41) is 3.42. The van der Waals surface area contributed by atoms with Gasteiger partial charge in [-0.2, -0.15) is 0 Å². The Kier molecular flexibility index (Phi) is 5.85. The highest BCUT2D eigenvalue weighted by Gasteiger charge is 2.33. The van der Waals surface area contributed by atoms with E-state index in [9.17, 15) is 4.79 Å². The zero-order valence-electron chi connectivity index (χ0n) is 13.4. The number of hydrogen-bond donors (Lipinski definition) is 1. The Hall–Kier alpha value is -0.610. The predicted molar refractivity (Wildman–Crippen MR) is 82.7 cm³/mol. The summed E-state index contributed by atoms with van der Waals surface area (Å²) in [4.78, 5) is 17.2. The molecule has 20 heavy (non-hydrogen) atoms. The van der Waals surface area contributed by atoms with Gasteiger partial charge in [-0.3, -0.25) is 4.79 Å². The molecule has 0 aromatic heterocycles. The second kappa shape index (κ2) is 7.41. The van der Waals surface area contributed by atoms with E-state index in [0.717, 1.165) is 32.5 Å². The highest BCUT2D eigenvalue weighted by atomic mass is 16.2. The molecule has 2 aliphatic rings. The Bertz CT molecular complexity index is 313. The summed E-state index contributed by atoms with van der Waals surface area (Å²) in [6.45, 7) is 8.91. The van der Waals surface area contributed by atoms with E-state index in [1.54, 1.807) is 0 Å². The van der Waals surface area contributed by atoms with Gasteiger partial charge in [-0.25, -0.2) is 0 Å². The van der Waals surface area contributed by atoms with Crippen LogP contribution in [0.3, 0.4) is 0 Å². The van der Waals surface area contributed by atoms with Gasteiger partial charge in [-0.15, -0.1) is 0 Å². The molecule has 2 saturated heterocycles. The van der Waals surface area contributed by atoms with Crippen LogP contribution in [0.4, 0.5) is 0 Å². The van der Waals surface area contributed by atoms with Crippen molar-refractivity contribution in [3.05, 3.63) is 0 Å². The molecule has 4 nitrogen and oxygen atoms in total. The van der Waals surface area contributed by atoms with Crippen molar-refractivity contribution < 1.29 is 4.79 Å². The first kappa shape index (κ1) is 15.8. The van der Waals surface area contributed by atoms with Crippen LogP contribution in [0.1, 0.15) is 46.0 Å². The third kappa shape index (κ3) is 3.73. The number of piperidine rings is 2. The van der Waals surface area contributed by atoms with Crippen LogP contribution in [-0.4, -0.2) is 61.0 Å². The highest BCUT2D eigenvalue weighted by Crippen LogP contribution is 2.21. The third-order valence-electron chi connectivity index (χ3n) is 5.03. The van der Waals surface area contributed by atoms with Crippen LogP contribution in [0.5, 0.6) is 0 Å². The van der Waals surface area contributed by atoms with Gasteiger partial charge in [-0.1, -0.05) is 13.8 Å². The number of likely N-dealkylation sites (N-methyl/N-ethyl adjacent to an activating group) is 1. The normalized spacial score (nSPS) is 29.4. The van der Waals surface area contributed by atoms with E-state index in [1.165, 1.54) is 25.8 Å². The number of amides is 1. The van der Waals surface area contributed by atoms with Crippen LogP contribution < -0.4 is 5.32 Å². The maximum Gasteiger partial charge on any atom is 0.239 e. The van der Waals surface area contributed by atoms with Crippen LogP contribution in [0.25, 0.3) is 0 Å². The molecule has 0 aromatic carbocycles. The number of hydrogen-bond acceptors (Lipinski definition) is 3. The van der Waals surface area contributed by atoms with Gasteiger partial charge >= 0.3 is 0 Å². The second-order valence-corrected chi connectivity index (χ2v) is 6.57. The first-order valence-corrected chi connectivity index (χ1v) is 8.36. The zero-order valence-corrected chi connectivity index (χ0v) is 13.4. The summed E-state index contributed by atoms with van der Waals surface area (Å²) in [5.74, 6) is 0.782. The van der Waals surface area contributed by atoms with Gasteiger partial charge in [0.15, 0.2) is 0 Å². The molecule has 1 amide bonds. The van der Waals surface area contributed by atoms with Crippen LogP contribution in [0.15, 0.2) is 0 Å². The Morgan fingerprint density at radius 3 is 2.60 bits per heavy atom. The van der Waals surface area contributed by atoms with Gasteiger partial charge in [0, 0.05) is 26.2 Å². The number of likely N-dealkylation sites (tertiary alicyclic amines) is 1. The molecule has 2 fully saturated rings. The van der Waals surface area contributed by atoms with Crippen LogP contribution in [0.2, 0.25) is 0 Å². The minimum Gasteiger partial charge on any atom is -0.341 e. The predicted octanol–water partition coefficient (Wildman–Crippen LogP) is 1.71. The molecule has 2 rings (SSSR count). The van der Waals surface area contributed by atoms with Crippen LogP contribution in [0, 0.1) is 5.92 Å². The molecule has 2 unspecified atom stereocenters. The van der Waals surface area contributed by atoms with Gasteiger partial charge in [-0.05, 0) is 51.1 Å². The summed E-state index contributed by atoms with van der Waals surface area (Å²) in [6, 6.07) is 0.481. The van der Waals surface area contributed by atoms with Crippen molar-refractivity contribution >= 4 is 5.91 Å². The fraction of sp³-hybridized carbons (Fsp3) is 0.938. The van der Waals surface area contributed by atoms with Gasteiger partial charge < -0.3 is 15.1 Å². The fourth-order valence-electron chi connectivity index (χ4n) is 3.63. The third-order valence-corrected chi connectivity index (χ3v) is 5.03. The standard InChI is InChI=1S/C16H31N3O/c1-4-10-19-11-7-14(8-12-19)18(3)16(20)15-13(2)6-5-9-17-15/h13-15,17H,4-12H2,1-3H3. The summed E-state index contributed by atoms with van der Waals surface area (Å²) >= 11 is 0. The lowest BCUT2D eigenvalue weighted by molar-refractivity contribution is -0.137. The van der Waals surface area contributed by atoms with Crippen molar-refractivity contribution in [3.8, 4) is 0 Å². The van der Waals surface area contributed by atoms with Crippen molar-refractivity contribution in [1.82, 2.24) is 15.1 Å². The van der Waals surface area contributed by atoms with Crippen molar-refractivity contribution in [3.63, 3.8) is 0 Å². The molecular weight excluding hydrogens is 250 g/mol.